The highest BCUT2D eigenvalue weighted by atomic mass is 35.5. The first-order chi connectivity index (χ1) is 8.54. The number of aromatic nitrogens is 2. The van der Waals surface area contributed by atoms with Crippen LogP contribution in [0.15, 0.2) is 12.4 Å². The van der Waals surface area contributed by atoms with Crippen LogP contribution in [0.4, 0.5) is 0 Å². The second-order valence-electron chi connectivity index (χ2n) is 3.73. The molecule has 0 radical (unpaired) electrons. The topological polar surface area (TPSA) is 70.1 Å². The summed E-state index contributed by atoms with van der Waals surface area (Å²) in [5.74, 6) is 0. The van der Waals surface area contributed by atoms with Gasteiger partial charge in [0.1, 0.15) is 0 Å². The van der Waals surface area contributed by atoms with Gasteiger partial charge in [-0.05, 0) is 13.8 Å². The Morgan fingerprint density at radius 3 is 1.44 bits per heavy atom. The van der Waals surface area contributed by atoms with E-state index in [0.717, 1.165) is 26.2 Å². The van der Waals surface area contributed by atoms with Gasteiger partial charge in [-0.1, -0.05) is 23.2 Å². The van der Waals surface area contributed by atoms with E-state index in [4.69, 9.17) is 28.3 Å². The van der Waals surface area contributed by atoms with E-state index >= 15 is 0 Å². The monoisotopic (exact) mass is 294 g/mol. The Hall–Kier alpha value is -0.460. The van der Waals surface area contributed by atoms with Gasteiger partial charge in [0.2, 0.25) is 0 Å². The molecule has 1 aromatic heterocycles. The van der Waals surface area contributed by atoms with Crippen molar-refractivity contribution in [1.82, 2.24) is 20.6 Å². The van der Waals surface area contributed by atoms with Crippen molar-refractivity contribution < 1.29 is 5.11 Å². The molecule has 0 unspecified atom stereocenters. The van der Waals surface area contributed by atoms with Gasteiger partial charge >= 0.3 is 0 Å². The van der Waals surface area contributed by atoms with Crippen LogP contribution in [0.25, 0.3) is 0 Å². The van der Waals surface area contributed by atoms with E-state index in [2.05, 4.69) is 20.6 Å². The lowest BCUT2D eigenvalue weighted by Gasteiger charge is -2.11. The molecule has 0 saturated carbocycles. The summed E-state index contributed by atoms with van der Waals surface area (Å²) in [6.45, 7) is 8.00. The zero-order valence-electron chi connectivity index (χ0n) is 10.7. The molecule has 1 aliphatic heterocycles. The van der Waals surface area contributed by atoms with Crippen LogP contribution in [0.5, 0.6) is 0 Å². The van der Waals surface area contributed by atoms with Crippen LogP contribution in [-0.2, 0) is 0 Å². The summed E-state index contributed by atoms with van der Waals surface area (Å²) in [6.07, 6.45) is 2.79. The lowest BCUT2D eigenvalue weighted by Crippen LogP contribution is -2.39. The summed E-state index contributed by atoms with van der Waals surface area (Å²) in [5.41, 5.74) is 0. The van der Waals surface area contributed by atoms with Crippen molar-refractivity contribution in [3.8, 4) is 0 Å². The Balaban J connectivity index is 0.000000257. The largest absolute Gasteiger partial charge is 0.394 e. The molecule has 1 aliphatic rings. The fourth-order valence-electron chi connectivity index (χ4n) is 0.908. The van der Waals surface area contributed by atoms with E-state index in [1.807, 2.05) is 0 Å². The summed E-state index contributed by atoms with van der Waals surface area (Å²) in [5, 5.41) is 15.0. The normalized spacial score (nSPS) is 14.1. The van der Waals surface area contributed by atoms with Crippen LogP contribution in [0.2, 0.25) is 10.3 Å². The quantitative estimate of drug-likeness (QED) is 0.674. The molecule has 18 heavy (non-hydrogen) atoms. The molecule has 0 aliphatic carbocycles. The third-order valence-corrected chi connectivity index (χ3v) is 2.22. The molecule has 1 fully saturated rings. The van der Waals surface area contributed by atoms with Gasteiger partial charge in [-0.3, -0.25) is 0 Å². The smallest absolute Gasteiger partial charge is 0.166 e. The highest BCUT2D eigenvalue weighted by Crippen LogP contribution is 2.12. The second-order valence-corrected chi connectivity index (χ2v) is 4.45. The second kappa shape index (κ2) is 11.6. The maximum absolute atomic E-state index is 8.06. The molecule has 7 heteroatoms. The molecular weight excluding hydrogens is 275 g/mol. The highest BCUT2D eigenvalue weighted by molar-refractivity contribution is 6.40. The summed E-state index contributed by atoms with van der Waals surface area (Å²) >= 11 is 10.8. The van der Waals surface area contributed by atoms with Crippen molar-refractivity contribution in [3.63, 3.8) is 0 Å². The van der Waals surface area contributed by atoms with Crippen molar-refractivity contribution in [1.29, 1.82) is 0 Å². The SMILES string of the molecule is C1CNCCN1.CC(C)O.Clc1nccnc1Cl. The van der Waals surface area contributed by atoms with Crippen molar-refractivity contribution in [2.75, 3.05) is 26.2 Å². The van der Waals surface area contributed by atoms with Crippen LogP contribution in [0, 0.1) is 0 Å². The van der Waals surface area contributed by atoms with E-state index in [-0.39, 0.29) is 16.4 Å². The average Bonchev–Trinajstić information content (AvgIpc) is 2.35. The number of rotatable bonds is 0. The summed E-state index contributed by atoms with van der Waals surface area (Å²) < 4.78 is 0. The van der Waals surface area contributed by atoms with E-state index < -0.39 is 0 Å². The number of nitrogens with zero attached hydrogens (tertiary/aromatic N) is 2. The molecule has 2 rings (SSSR count). The lowest BCUT2D eigenvalue weighted by molar-refractivity contribution is 0.216. The first-order valence-electron chi connectivity index (χ1n) is 5.75. The molecule has 104 valence electrons. The maximum atomic E-state index is 8.06. The Morgan fingerprint density at radius 2 is 1.28 bits per heavy atom. The van der Waals surface area contributed by atoms with E-state index in [9.17, 15) is 0 Å². The molecule has 0 bridgehead atoms. The number of aliphatic hydroxyl groups is 1. The molecule has 1 saturated heterocycles. The van der Waals surface area contributed by atoms with Gasteiger partial charge in [-0.15, -0.1) is 0 Å². The Kier molecular flexibility index (Phi) is 11.3. The maximum Gasteiger partial charge on any atom is 0.166 e. The molecule has 0 aromatic carbocycles. The van der Waals surface area contributed by atoms with Crippen molar-refractivity contribution in [2.45, 2.75) is 20.0 Å². The Labute approximate surface area is 118 Å². The minimum atomic E-state index is -0.167. The zero-order valence-corrected chi connectivity index (χ0v) is 12.2. The predicted molar refractivity (Wildman–Crippen MR) is 75.1 cm³/mol. The Bertz CT molecular complexity index is 274. The van der Waals surface area contributed by atoms with Gasteiger partial charge in [-0.2, -0.15) is 0 Å². The molecule has 2 heterocycles. The van der Waals surface area contributed by atoms with E-state index in [1.54, 1.807) is 13.8 Å². The van der Waals surface area contributed by atoms with Crippen LogP contribution in [0.3, 0.4) is 0 Å². The van der Waals surface area contributed by atoms with Crippen LogP contribution in [0.1, 0.15) is 13.8 Å². The zero-order chi connectivity index (χ0) is 13.8. The molecule has 0 spiro atoms. The van der Waals surface area contributed by atoms with Gasteiger partial charge in [0.15, 0.2) is 10.3 Å². The fraction of sp³-hybridized carbons (Fsp3) is 0.636. The molecule has 0 amide bonds. The number of hydrogen-bond acceptors (Lipinski definition) is 5. The molecule has 0 atom stereocenters. The highest BCUT2D eigenvalue weighted by Gasteiger charge is 1.93. The fourth-order valence-corrected chi connectivity index (χ4v) is 1.12. The molecular formula is C11H20Cl2N4O. The van der Waals surface area contributed by atoms with E-state index in [0.29, 0.717) is 0 Å². The number of nitrogens with one attached hydrogen (secondary N) is 2. The number of aliphatic hydroxyl groups excluding tert-OH is 1. The van der Waals surface area contributed by atoms with Crippen LogP contribution < -0.4 is 10.6 Å². The van der Waals surface area contributed by atoms with Crippen molar-refractivity contribution in [3.05, 3.63) is 22.7 Å². The summed E-state index contributed by atoms with van der Waals surface area (Å²) in [6, 6.07) is 0. The first-order valence-corrected chi connectivity index (χ1v) is 6.51. The number of piperazine rings is 1. The van der Waals surface area contributed by atoms with Gasteiger partial charge in [0.25, 0.3) is 0 Å². The van der Waals surface area contributed by atoms with Crippen molar-refractivity contribution in [2.24, 2.45) is 0 Å². The Morgan fingerprint density at radius 1 is 1.00 bits per heavy atom. The summed E-state index contributed by atoms with van der Waals surface area (Å²) in [7, 11) is 0. The number of hydrogen-bond donors (Lipinski definition) is 3. The third kappa shape index (κ3) is 12.0. The minimum absolute atomic E-state index is 0.167. The van der Waals surface area contributed by atoms with Crippen LogP contribution >= 0.6 is 23.2 Å². The standard InChI is InChI=1S/C4H2Cl2N2.C4H10N2.C3H8O/c5-3-4(6)8-2-1-7-3;1-2-6-4-3-5-1;1-3(2)4/h1-2H;5-6H,1-4H2;3-4H,1-2H3. The van der Waals surface area contributed by atoms with Gasteiger partial charge in [-0.25, -0.2) is 9.97 Å². The van der Waals surface area contributed by atoms with Gasteiger partial charge in [0, 0.05) is 44.7 Å². The molecule has 3 N–H and O–H groups in total. The summed E-state index contributed by atoms with van der Waals surface area (Å²) in [4.78, 5) is 7.30. The number of halogens is 2. The predicted octanol–water partition coefficient (Wildman–Crippen LogP) is 1.35. The van der Waals surface area contributed by atoms with Crippen molar-refractivity contribution >= 4 is 23.2 Å². The third-order valence-electron chi connectivity index (χ3n) is 1.57. The minimum Gasteiger partial charge on any atom is -0.394 e. The average molecular weight is 295 g/mol. The van der Waals surface area contributed by atoms with Crippen LogP contribution in [-0.4, -0.2) is 47.4 Å². The first kappa shape index (κ1) is 17.5. The lowest BCUT2D eigenvalue weighted by atomic mass is 10.4. The van der Waals surface area contributed by atoms with Gasteiger partial charge < -0.3 is 15.7 Å². The van der Waals surface area contributed by atoms with E-state index in [1.165, 1.54) is 12.4 Å². The molecule has 5 nitrogen and oxygen atoms in total. The van der Waals surface area contributed by atoms with Gasteiger partial charge in [0.05, 0.1) is 0 Å². The molecule has 1 aromatic rings.